The molecule has 3 aromatic carbocycles. The predicted octanol–water partition coefficient (Wildman–Crippen LogP) is 4.19. The minimum atomic E-state index is -0.293. The lowest BCUT2D eigenvalue weighted by molar-refractivity contribution is -0.113. The molecule has 0 spiro atoms. The summed E-state index contributed by atoms with van der Waals surface area (Å²) in [7, 11) is 0. The van der Waals surface area contributed by atoms with Crippen molar-refractivity contribution in [3.63, 3.8) is 0 Å². The van der Waals surface area contributed by atoms with E-state index in [-0.39, 0.29) is 17.6 Å². The number of imidazole rings is 1. The number of anilines is 2. The quantitative estimate of drug-likeness (QED) is 0.342. The standard InChI is InChI=1S/C23H18N6O2S/c30-20(14-32-23-28-27-22-26-18-12-6-7-13-19(18)29(22)23)25-17-11-5-4-10-16(17)21(31)24-15-8-2-1-3-9-15/h1-13H,14H2,(H,24,31)(H,25,30)(H,26,27). The van der Waals surface area contributed by atoms with Crippen molar-refractivity contribution < 1.29 is 9.59 Å². The number of nitrogens with zero attached hydrogens (tertiary/aromatic N) is 3. The Labute approximate surface area is 187 Å². The predicted molar refractivity (Wildman–Crippen MR) is 125 cm³/mol. The second kappa shape index (κ2) is 8.56. The molecule has 2 amide bonds. The Bertz CT molecular complexity index is 1430. The number of nitrogens with one attached hydrogen (secondary N) is 3. The number of H-pyrrole nitrogens is 1. The van der Waals surface area contributed by atoms with Crippen LogP contribution < -0.4 is 10.6 Å². The molecular formula is C23H18N6O2S. The fourth-order valence-electron chi connectivity index (χ4n) is 3.37. The monoisotopic (exact) mass is 442 g/mol. The van der Waals surface area contributed by atoms with Gasteiger partial charge < -0.3 is 10.6 Å². The van der Waals surface area contributed by atoms with E-state index in [0.717, 1.165) is 11.0 Å². The third-order valence-corrected chi connectivity index (χ3v) is 5.75. The summed E-state index contributed by atoms with van der Waals surface area (Å²) >= 11 is 1.29. The molecule has 2 heterocycles. The highest BCUT2D eigenvalue weighted by atomic mass is 32.2. The van der Waals surface area contributed by atoms with Crippen molar-refractivity contribution in [2.75, 3.05) is 16.4 Å². The lowest BCUT2D eigenvalue weighted by Gasteiger charge is -2.11. The number of para-hydroxylation sites is 4. The summed E-state index contributed by atoms with van der Waals surface area (Å²) in [4.78, 5) is 29.8. The summed E-state index contributed by atoms with van der Waals surface area (Å²) in [6, 6.07) is 23.8. The fourth-order valence-corrected chi connectivity index (χ4v) is 4.12. The van der Waals surface area contributed by atoms with Crippen LogP contribution >= 0.6 is 11.8 Å². The lowest BCUT2D eigenvalue weighted by Crippen LogP contribution is -2.19. The SMILES string of the molecule is O=C(CSc1n[nH]c2nc3ccccc3n12)Nc1ccccc1C(=O)Nc1ccccc1. The Hall–Kier alpha value is -4.11. The summed E-state index contributed by atoms with van der Waals surface area (Å²) in [6.07, 6.45) is 0. The molecule has 0 saturated carbocycles. The highest BCUT2D eigenvalue weighted by Crippen LogP contribution is 2.23. The van der Waals surface area contributed by atoms with Gasteiger partial charge in [0.1, 0.15) is 0 Å². The highest BCUT2D eigenvalue weighted by Gasteiger charge is 2.16. The molecule has 0 aliphatic carbocycles. The zero-order valence-corrected chi connectivity index (χ0v) is 17.6. The fraction of sp³-hybridized carbons (Fsp3) is 0.0435. The number of benzene rings is 3. The summed E-state index contributed by atoms with van der Waals surface area (Å²) in [5, 5.41) is 13.5. The van der Waals surface area contributed by atoms with Gasteiger partial charge in [-0.05, 0) is 36.4 Å². The number of aromatic amines is 1. The smallest absolute Gasteiger partial charge is 0.257 e. The van der Waals surface area contributed by atoms with Gasteiger partial charge in [0, 0.05) is 5.69 Å². The van der Waals surface area contributed by atoms with Gasteiger partial charge in [-0.2, -0.15) is 0 Å². The molecule has 0 radical (unpaired) electrons. The van der Waals surface area contributed by atoms with Gasteiger partial charge in [-0.3, -0.25) is 14.0 Å². The molecule has 158 valence electrons. The Morgan fingerprint density at radius 1 is 0.906 bits per heavy atom. The number of aromatic nitrogens is 4. The first-order valence-corrected chi connectivity index (χ1v) is 10.9. The van der Waals surface area contributed by atoms with Crippen LogP contribution in [-0.2, 0) is 4.79 Å². The van der Waals surface area contributed by atoms with Crippen LogP contribution in [0.25, 0.3) is 16.8 Å². The second-order valence-electron chi connectivity index (χ2n) is 6.97. The van der Waals surface area contributed by atoms with Crippen LogP contribution in [0.1, 0.15) is 10.4 Å². The Morgan fingerprint density at radius 3 is 2.53 bits per heavy atom. The third kappa shape index (κ3) is 3.93. The molecular weight excluding hydrogens is 424 g/mol. The molecule has 5 aromatic rings. The van der Waals surface area contributed by atoms with E-state index in [0.29, 0.717) is 27.9 Å². The van der Waals surface area contributed by atoms with E-state index in [1.165, 1.54) is 11.8 Å². The van der Waals surface area contributed by atoms with Gasteiger partial charge in [0.2, 0.25) is 11.7 Å². The van der Waals surface area contributed by atoms with E-state index in [1.54, 1.807) is 36.4 Å². The minimum Gasteiger partial charge on any atom is -0.325 e. The summed E-state index contributed by atoms with van der Waals surface area (Å²) in [6.45, 7) is 0. The average molecular weight is 443 g/mol. The van der Waals surface area contributed by atoms with E-state index in [1.807, 2.05) is 46.9 Å². The van der Waals surface area contributed by atoms with E-state index in [4.69, 9.17) is 0 Å². The second-order valence-corrected chi connectivity index (χ2v) is 7.91. The van der Waals surface area contributed by atoms with Crippen LogP contribution in [0.4, 0.5) is 11.4 Å². The molecule has 0 atom stereocenters. The number of carbonyl (C=O) groups is 2. The number of carbonyl (C=O) groups excluding carboxylic acids is 2. The van der Waals surface area contributed by atoms with Crippen molar-refractivity contribution in [1.82, 2.24) is 19.6 Å². The maximum atomic E-state index is 12.7. The van der Waals surface area contributed by atoms with Gasteiger partial charge in [-0.1, -0.05) is 54.2 Å². The first-order valence-electron chi connectivity index (χ1n) is 9.89. The van der Waals surface area contributed by atoms with Crippen molar-refractivity contribution in [2.24, 2.45) is 0 Å². The maximum absolute atomic E-state index is 12.7. The van der Waals surface area contributed by atoms with Gasteiger partial charge in [0.25, 0.3) is 5.91 Å². The first-order chi connectivity index (χ1) is 15.7. The number of fused-ring (bicyclic) bond motifs is 3. The molecule has 0 aliphatic rings. The van der Waals surface area contributed by atoms with Crippen LogP contribution in [0.2, 0.25) is 0 Å². The largest absolute Gasteiger partial charge is 0.325 e. The topological polar surface area (TPSA) is 104 Å². The number of thioether (sulfide) groups is 1. The van der Waals surface area contributed by atoms with Crippen LogP contribution in [0, 0.1) is 0 Å². The number of hydrogen-bond donors (Lipinski definition) is 3. The normalized spacial score (nSPS) is 11.0. The molecule has 8 nitrogen and oxygen atoms in total. The van der Waals surface area contributed by atoms with E-state index in [9.17, 15) is 9.59 Å². The molecule has 0 bridgehead atoms. The zero-order valence-electron chi connectivity index (χ0n) is 16.8. The molecule has 2 aromatic heterocycles. The van der Waals surface area contributed by atoms with Crippen molar-refractivity contribution >= 4 is 51.8 Å². The Kier molecular flexibility index (Phi) is 5.30. The van der Waals surface area contributed by atoms with E-state index in [2.05, 4.69) is 25.8 Å². The van der Waals surface area contributed by atoms with Gasteiger partial charge in [0.15, 0.2) is 5.16 Å². The first kappa shape index (κ1) is 19.8. The van der Waals surface area contributed by atoms with Crippen molar-refractivity contribution in [1.29, 1.82) is 0 Å². The summed E-state index contributed by atoms with van der Waals surface area (Å²) in [5.41, 5.74) is 3.29. The molecule has 32 heavy (non-hydrogen) atoms. The molecule has 0 unspecified atom stereocenters. The maximum Gasteiger partial charge on any atom is 0.257 e. The van der Waals surface area contributed by atoms with Crippen molar-refractivity contribution in [3.05, 3.63) is 84.4 Å². The summed E-state index contributed by atoms with van der Waals surface area (Å²) in [5.74, 6) is 0.215. The van der Waals surface area contributed by atoms with Gasteiger partial charge >= 0.3 is 0 Å². The van der Waals surface area contributed by atoms with Gasteiger partial charge in [0.05, 0.1) is 28.0 Å². The minimum absolute atomic E-state index is 0.126. The molecule has 5 rings (SSSR count). The third-order valence-electron chi connectivity index (χ3n) is 4.81. The average Bonchev–Trinajstić information content (AvgIpc) is 3.38. The Morgan fingerprint density at radius 2 is 1.66 bits per heavy atom. The van der Waals surface area contributed by atoms with Crippen LogP contribution in [0.15, 0.2) is 84.0 Å². The highest BCUT2D eigenvalue weighted by molar-refractivity contribution is 7.99. The number of rotatable bonds is 6. The molecule has 0 saturated heterocycles. The van der Waals surface area contributed by atoms with Gasteiger partial charge in [-0.15, -0.1) is 5.10 Å². The van der Waals surface area contributed by atoms with Crippen LogP contribution in [0.3, 0.4) is 0 Å². The van der Waals surface area contributed by atoms with Crippen molar-refractivity contribution in [2.45, 2.75) is 5.16 Å². The summed E-state index contributed by atoms with van der Waals surface area (Å²) < 4.78 is 1.88. The van der Waals surface area contributed by atoms with Crippen LogP contribution in [-0.4, -0.2) is 37.1 Å². The van der Waals surface area contributed by atoms with Crippen molar-refractivity contribution in [3.8, 4) is 0 Å². The molecule has 0 fully saturated rings. The lowest BCUT2D eigenvalue weighted by atomic mass is 10.1. The number of amides is 2. The molecule has 9 heteroatoms. The zero-order chi connectivity index (χ0) is 21.9. The molecule has 3 N–H and O–H groups in total. The number of hydrogen-bond acceptors (Lipinski definition) is 5. The van der Waals surface area contributed by atoms with E-state index >= 15 is 0 Å². The van der Waals surface area contributed by atoms with Gasteiger partial charge in [-0.25, -0.2) is 10.1 Å². The van der Waals surface area contributed by atoms with E-state index < -0.39 is 0 Å². The molecule has 0 aliphatic heterocycles. The Balaban J connectivity index is 1.29. The van der Waals surface area contributed by atoms with Crippen LogP contribution in [0.5, 0.6) is 0 Å².